The van der Waals surface area contributed by atoms with E-state index in [9.17, 15) is 9.90 Å². The number of ether oxygens (including phenoxy) is 3. The van der Waals surface area contributed by atoms with Gasteiger partial charge in [0, 0.05) is 44.0 Å². The molecule has 0 aliphatic carbocycles. The zero-order chi connectivity index (χ0) is 25.2. The van der Waals surface area contributed by atoms with E-state index < -0.39 is 0 Å². The first-order chi connectivity index (χ1) is 17.5. The Balaban J connectivity index is 1.40. The standard InChI is InChI=1S/C29H30N2O5/c1-19-16-23(32)22(18-30-12-14-31(15-13-30)21-9-5-4-6-10-21)29-26(19)27(33)25(36-29)17-20-8-7-11-24(34-2)28(20)35-3/h4-11,16-17,32H,12-15,18H2,1-3H3/b25-17-. The summed E-state index contributed by atoms with van der Waals surface area (Å²) in [4.78, 5) is 18.0. The van der Waals surface area contributed by atoms with E-state index in [0.29, 0.717) is 46.0 Å². The zero-order valence-electron chi connectivity index (χ0n) is 20.8. The Morgan fingerprint density at radius 2 is 1.75 bits per heavy atom. The fourth-order valence-corrected chi connectivity index (χ4v) is 4.93. The lowest BCUT2D eigenvalue weighted by Crippen LogP contribution is -2.46. The Morgan fingerprint density at radius 1 is 1.00 bits per heavy atom. The molecule has 7 heteroatoms. The number of hydrogen-bond donors (Lipinski definition) is 1. The monoisotopic (exact) mass is 486 g/mol. The van der Waals surface area contributed by atoms with Gasteiger partial charge < -0.3 is 24.2 Å². The molecule has 0 amide bonds. The molecule has 1 saturated heterocycles. The first-order valence-electron chi connectivity index (χ1n) is 12.0. The van der Waals surface area contributed by atoms with Crippen molar-refractivity contribution in [2.24, 2.45) is 0 Å². The number of phenolic OH excluding ortho intramolecular Hbond substituents is 1. The highest BCUT2D eigenvalue weighted by molar-refractivity contribution is 6.16. The fraction of sp³-hybridized carbons (Fsp3) is 0.276. The summed E-state index contributed by atoms with van der Waals surface area (Å²) in [5.41, 5.74) is 3.71. The van der Waals surface area contributed by atoms with Gasteiger partial charge in [-0.2, -0.15) is 0 Å². The number of phenols is 1. The van der Waals surface area contributed by atoms with Gasteiger partial charge in [-0.3, -0.25) is 9.69 Å². The topological polar surface area (TPSA) is 71.5 Å². The summed E-state index contributed by atoms with van der Waals surface area (Å²) < 4.78 is 17.0. The third kappa shape index (κ3) is 4.38. The van der Waals surface area contributed by atoms with Gasteiger partial charge in [-0.05, 0) is 42.8 Å². The van der Waals surface area contributed by atoms with Gasteiger partial charge in [-0.15, -0.1) is 0 Å². The number of hydrogen-bond acceptors (Lipinski definition) is 7. The van der Waals surface area contributed by atoms with Crippen molar-refractivity contribution in [1.82, 2.24) is 4.90 Å². The number of nitrogens with zero attached hydrogens (tertiary/aromatic N) is 2. The number of para-hydroxylation sites is 2. The van der Waals surface area contributed by atoms with E-state index in [1.807, 2.05) is 25.1 Å². The Bertz CT molecular complexity index is 1310. The van der Waals surface area contributed by atoms with Crippen LogP contribution in [0.2, 0.25) is 0 Å². The first kappa shape index (κ1) is 23.8. The number of methoxy groups -OCH3 is 2. The molecule has 7 nitrogen and oxygen atoms in total. The number of fused-ring (bicyclic) bond motifs is 1. The second-order valence-electron chi connectivity index (χ2n) is 9.02. The van der Waals surface area contributed by atoms with E-state index in [0.717, 1.165) is 26.2 Å². The van der Waals surface area contributed by atoms with Crippen molar-refractivity contribution in [3.8, 4) is 23.0 Å². The van der Waals surface area contributed by atoms with Gasteiger partial charge in [-0.1, -0.05) is 30.3 Å². The number of aryl methyl sites for hydroxylation is 1. The summed E-state index contributed by atoms with van der Waals surface area (Å²) in [6, 6.07) is 17.5. The van der Waals surface area contributed by atoms with Gasteiger partial charge in [0.15, 0.2) is 17.3 Å². The van der Waals surface area contributed by atoms with Gasteiger partial charge in [0.05, 0.1) is 25.3 Å². The van der Waals surface area contributed by atoms with Crippen molar-refractivity contribution in [3.05, 3.63) is 82.6 Å². The smallest absolute Gasteiger partial charge is 0.232 e. The summed E-state index contributed by atoms with van der Waals surface area (Å²) in [6.45, 7) is 5.78. The van der Waals surface area contributed by atoms with E-state index in [1.165, 1.54) is 5.69 Å². The van der Waals surface area contributed by atoms with Crippen molar-refractivity contribution in [2.45, 2.75) is 13.5 Å². The maximum Gasteiger partial charge on any atom is 0.232 e. The molecule has 2 heterocycles. The van der Waals surface area contributed by atoms with Gasteiger partial charge in [-0.25, -0.2) is 0 Å². The van der Waals surface area contributed by atoms with Gasteiger partial charge in [0.25, 0.3) is 0 Å². The van der Waals surface area contributed by atoms with E-state index in [1.54, 1.807) is 32.4 Å². The Kier molecular flexibility index (Phi) is 6.57. The molecule has 5 rings (SSSR count). The fourth-order valence-electron chi connectivity index (χ4n) is 4.93. The second-order valence-corrected chi connectivity index (χ2v) is 9.02. The molecule has 0 radical (unpaired) electrons. The van der Waals surface area contributed by atoms with Gasteiger partial charge in [0.2, 0.25) is 5.78 Å². The summed E-state index contributed by atoms with van der Waals surface area (Å²) in [7, 11) is 3.13. The van der Waals surface area contributed by atoms with Crippen LogP contribution in [0.15, 0.2) is 60.4 Å². The van der Waals surface area contributed by atoms with Crippen LogP contribution in [-0.4, -0.2) is 56.2 Å². The average molecular weight is 487 g/mol. The highest BCUT2D eigenvalue weighted by atomic mass is 16.5. The quantitative estimate of drug-likeness (QED) is 0.508. The molecule has 2 aliphatic heterocycles. The first-order valence-corrected chi connectivity index (χ1v) is 12.0. The molecule has 0 saturated carbocycles. The van der Waals surface area contributed by atoms with E-state index in [-0.39, 0.29) is 17.3 Å². The molecule has 0 bridgehead atoms. The number of allylic oxidation sites excluding steroid dienone is 1. The molecule has 1 N–H and O–H groups in total. The molecule has 3 aromatic carbocycles. The van der Waals surface area contributed by atoms with Gasteiger partial charge in [0.1, 0.15) is 11.5 Å². The summed E-state index contributed by atoms with van der Waals surface area (Å²) >= 11 is 0. The molecule has 186 valence electrons. The predicted octanol–water partition coefficient (Wildman–Crippen LogP) is 4.66. The SMILES string of the molecule is COc1cccc(/C=C2\Oc3c(CN4CCN(c5ccccc5)CC4)c(O)cc(C)c3C2=O)c1OC. The van der Waals surface area contributed by atoms with Crippen LogP contribution in [-0.2, 0) is 6.54 Å². The maximum atomic E-state index is 13.4. The number of Topliss-reactive ketones (excluding diaryl/α,β-unsaturated/α-hetero) is 1. The number of carbonyl (C=O) groups excluding carboxylic acids is 1. The summed E-state index contributed by atoms with van der Waals surface area (Å²) in [6.07, 6.45) is 1.67. The van der Waals surface area contributed by atoms with Crippen LogP contribution in [0.4, 0.5) is 5.69 Å². The number of piperazine rings is 1. The van der Waals surface area contributed by atoms with Crippen molar-refractivity contribution in [1.29, 1.82) is 0 Å². The number of carbonyl (C=O) groups is 1. The molecule has 3 aromatic rings. The minimum absolute atomic E-state index is 0.143. The number of benzene rings is 3. The van der Waals surface area contributed by atoms with Crippen molar-refractivity contribution in [3.63, 3.8) is 0 Å². The molecule has 0 unspecified atom stereocenters. The molecule has 1 fully saturated rings. The minimum atomic E-state index is -0.206. The van der Waals surface area contributed by atoms with Crippen molar-refractivity contribution >= 4 is 17.5 Å². The Labute approximate surface area is 211 Å². The zero-order valence-corrected chi connectivity index (χ0v) is 20.8. The number of ketones is 1. The normalized spacial score (nSPS) is 16.7. The Hall–Kier alpha value is -3.97. The maximum absolute atomic E-state index is 13.4. The molecule has 0 atom stereocenters. The third-order valence-electron chi connectivity index (χ3n) is 6.82. The third-order valence-corrected chi connectivity index (χ3v) is 6.82. The van der Waals surface area contributed by atoms with Crippen LogP contribution in [0.5, 0.6) is 23.0 Å². The number of rotatable bonds is 6. The lowest BCUT2D eigenvalue weighted by atomic mass is 9.99. The molecule has 36 heavy (non-hydrogen) atoms. The van der Waals surface area contributed by atoms with Crippen molar-refractivity contribution in [2.75, 3.05) is 45.3 Å². The van der Waals surface area contributed by atoms with Crippen LogP contribution in [0, 0.1) is 6.92 Å². The van der Waals surface area contributed by atoms with Crippen LogP contribution < -0.4 is 19.1 Å². The number of anilines is 1. The Morgan fingerprint density at radius 3 is 2.44 bits per heavy atom. The summed E-state index contributed by atoms with van der Waals surface area (Å²) in [5.74, 6) is 1.67. The van der Waals surface area contributed by atoms with E-state index in [4.69, 9.17) is 14.2 Å². The highest BCUT2D eigenvalue weighted by Gasteiger charge is 2.34. The highest BCUT2D eigenvalue weighted by Crippen LogP contribution is 2.43. The molecule has 0 aromatic heterocycles. The molecule has 2 aliphatic rings. The van der Waals surface area contributed by atoms with Crippen LogP contribution >= 0.6 is 0 Å². The van der Waals surface area contributed by atoms with Crippen LogP contribution in [0.1, 0.15) is 27.0 Å². The lowest BCUT2D eigenvalue weighted by molar-refractivity contribution is 0.101. The minimum Gasteiger partial charge on any atom is -0.507 e. The van der Waals surface area contributed by atoms with Crippen molar-refractivity contribution < 1.29 is 24.1 Å². The average Bonchev–Trinajstić information content (AvgIpc) is 3.23. The van der Waals surface area contributed by atoms with E-state index in [2.05, 4.69) is 34.1 Å². The number of aromatic hydroxyl groups is 1. The summed E-state index contributed by atoms with van der Waals surface area (Å²) in [5, 5.41) is 10.8. The van der Waals surface area contributed by atoms with Gasteiger partial charge >= 0.3 is 0 Å². The molecule has 0 spiro atoms. The molecular formula is C29H30N2O5. The van der Waals surface area contributed by atoms with E-state index >= 15 is 0 Å². The largest absolute Gasteiger partial charge is 0.507 e. The molecular weight excluding hydrogens is 456 g/mol. The predicted molar refractivity (Wildman–Crippen MR) is 139 cm³/mol. The lowest BCUT2D eigenvalue weighted by Gasteiger charge is -2.36. The van der Waals surface area contributed by atoms with Crippen LogP contribution in [0.3, 0.4) is 0 Å². The van der Waals surface area contributed by atoms with Crippen LogP contribution in [0.25, 0.3) is 6.08 Å². The second kappa shape index (κ2) is 9.95.